The number of hydrogen-bond acceptors (Lipinski definition) is 6. The van der Waals surface area contributed by atoms with Crippen molar-refractivity contribution in [2.24, 2.45) is 4.99 Å². The van der Waals surface area contributed by atoms with Gasteiger partial charge in [-0.15, -0.1) is 0 Å². The molecule has 10 heteroatoms. The lowest BCUT2D eigenvalue weighted by atomic mass is 10.1. The predicted octanol–water partition coefficient (Wildman–Crippen LogP) is 4.07. The zero-order chi connectivity index (χ0) is 22.9. The van der Waals surface area contributed by atoms with E-state index < -0.39 is 6.09 Å². The average molecular weight is 452 g/mol. The standard InChI is InChI=1S/C22H21N5O4S/c1-14(28)25-21-27-18(19(32-21)20(29)26-17-5-3-2-4-6-17)12-9-15-7-10-16(11-8-15)23-13-24-22(30)31/h2-8,10-11,13H,9,12H2,1H3,(H,23,24)(H,26,29)(H,30,31)(H,25,27,28). The first-order chi connectivity index (χ1) is 15.4. The minimum atomic E-state index is -1.18. The molecule has 1 aromatic heterocycles. The number of amides is 3. The Morgan fingerprint density at radius 1 is 1.03 bits per heavy atom. The molecule has 4 N–H and O–H groups in total. The smallest absolute Gasteiger partial charge is 0.409 e. The van der Waals surface area contributed by atoms with E-state index in [1.54, 1.807) is 24.3 Å². The van der Waals surface area contributed by atoms with E-state index in [0.29, 0.717) is 39.9 Å². The molecule has 0 bridgehead atoms. The monoisotopic (exact) mass is 451 g/mol. The van der Waals surface area contributed by atoms with Gasteiger partial charge in [-0.1, -0.05) is 41.7 Å². The molecule has 0 aliphatic carbocycles. The van der Waals surface area contributed by atoms with Gasteiger partial charge in [-0.3, -0.25) is 14.9 Å². The third kappa shape index (κ3) is 6.74. The van der Waals surface area contributed by atoms with Crippen molar-refractivity contribution in [2.75, 3.05) is 10.6 Å². The fraction of sp³-hybridized carbons (Fsp3) is 0.136. The Kier molecular flexibility index (Phi) is 7.65. The minimum Gasteiger partial charge on any atom is -0.465 e. The van der Waals surface area contributed by atoms with Crippen molar-refractivity contribution < 1.29 is 19.5 Å². The Morgan fingerprint density at radius 2 is 1.75 bits per heavy atom. The zero-order valence-electron chi connectivity index (χ0n) is 17.2. The molecule has 0 saturated heterocycles. The molecule has 0 spiro atoms. The minimum absolute atomic E-state index is 0.256. The first-order valence-corrected chi connectivity index (χ1v) is 10.5. The largest absolute Gasteiger partial charge is 0.465 e. The second-order valence-corrected chi connectivity index (χ2v) is 7.67. The van der Waals surface area contributed by atoms with E-state index in [-0.39, 0.29) is 11.8 Å². The first-order valence-electron chi connectivity index (χ1n) is 9.65. The fourth-order valence-corrected chi connectivity index (χ4v) is 3.74. The second-order valence-electron chi connectivity index (χ2n) is 6.67. The Morgan fingerprint density at radius 3 is 2.41 bits per heavy atom. The molecule has 0 fully saturated rings. The van der Waals surface area contributed by atoms with Crippen LogP contribution < -0.4 is 16.0 Å². The Balaban J connectivity index is 1.71. The van der Waals surface area contributed by atoms with E-state index in [1.807, 2.05) is 30.3 Å². The van der Waals surface area contributed by atoms with Gasteiger partial charge in [0.1, 0.15) is 4.88 Å². The summed E-state index contributed by atoms with van der Waals surface area (Å²) in [6.45, 7) is 1.39. The quantitative estimate of drug-likeness (QED) is 0.303. The molecule has 32 heavy (non-hydrogen) atoms. The van der Waals surface area contributed by atoms with Crippen molar-refractivity contribution in [3.05, 3.63) is 70.7 Å². The Bertz CT molecular complexity index is 1130. The summed E-state index contributed by atoms with van der Waals surface area (Å²) in [5.41, 5.74) is 2.87. The number of carboxylic acid groups (broad SMARTS) is 1. The number of nitrogens with one attached hydrogen (secondary N) is 3. The maximum Gasteiger partial charge on any atom is 0.409 e. The lowest BCUT2D eigenvalue weighted by molar-refractivity contribution is -0.114. The van der Waals surface area contributed by atoms with Gasteiger partial charge < -0.3 is 15.7 Å². The van der Waals surface area contributed by atoms with Crippen LogP contribution in [0.4, 0.5) is 21.3 Å². The van der Waals surface area contributed by atoms with Gasteiger partial charge in [0.25, 0.3) is 5.91 Å². The highest BCUT2D eigenvalue weighted by Crippen LogP contribution is 2.26. The van der Waals surface area contributed by atoms with Gasteiger partial charge in [-0.25, -0.2) is 14.8 Å². The summed E-state index contributed by atoms with van der Waals surface area (Å²) in [5.74, 6) is -0.537. The molecule has 2 aromatic carbocycles. The molecule has 0 aliphatic rings. The first kappa shape index (κ1) is 22.6. The van der Waals surface area contributed by atoms with Crippen LogP contribution in [0.25, 0.3) is 0 Å². The molecule has 3 amide bonds. The molecular weight excluding hydrogens is 430 g/mol. The lowest BCUT2D eigenvalue weighted by Gasteiger charge is -2.05. The number of carbonyl (C=O) groups is 3. The summed E-state index contributed by atoms with van der Waals surface area (Å²) >= 11 is 1.14. The predicted molar refractivity (Wildman–Crippen MR) is 124 cm³/mol. The molecular formula is C22H21N5O4S. The molecule has 0 aliphatic heterocycles. The number of benzene rings is 2. The van der Waals surface area contributed by atoms with E-state index >= 15 is 0 Å². The number of aryl methyl sites for hydroxylation is 2. The number of nitrogens with zero attached hydrogens (tertiary/aromatic N) is 2. The van der Waals surface area contributed by atoms with Crippen LogP contribution in [0.2, 0.25) is 0 Å². The van der Waals surface area contributed by atoms with Gasteiger partial charge >= 0.3 is 6.09 Å². The Labute approximate surface area is 188 Å². The summed E-state index contributed by atoms with van der Waals surface area (Å²) in [7, 11) is 0. The number of aliphatic imine (C=N–C) groups is 1. The highest BCUT2D eigenvalue weighted by molar-refractivity contribution is 7.17. The maximum atomic E-state index is 12.8. The van der Waals surface area contributed by atoms with Crippen LogP contribution in [0.1, 0.15) is 27.9 Å². The molecule has 0 atom stereocenters. The summed E-state index contributed by atoms with van der Waals surface area (Å²) in [6.07, 6.45) is 1.04. The van der Waals surface area contributed by atoms with Gasteiger partial charge in [0.2, 0.25) is 5.91 Å². The van der Waals surface area contributed by atoms with Crippen LogP contribution in [-0.2, 0) is 17.6 Å². The number of anilines is 2. The third-order valence-corrected chi connectivity index (χ3v) is 5.22. The summed E-state index contributed by atoms with van der Waals surface area (Å²) in [6, 6.07) is 16.4. The third-order valence-electron chi connectivity index (χ3n) is 4.21. The molecule has 0 radical (unpaired) electrons. The van der Waals surface area contributed by atoms with Gasteiger partial charge in [0.15, 0.2) is 5.13 Å². The van der Waals surface area contributed by atoms with E-state index in [1.165, 1.54) is 6.92 Å². The highest BCUT2D eigenvalue weighted by Gasteiger charge is 2.19. The van der Waals surface area contributed by atoms with E-state index in [2.05, 4.69) is 25.9 Å². The lowest BCUT2D eigenvalue weighted by Crippen LogP contribution is -2.17. The van der Waals surface area contributed by atoms with Gasteiger partial charge in [-0.2, -0.15) is 0 Å². The number of para-hydroxylation sites is 1. The van der Waals surface area contributed by atoms with Crippen LogP contribution in [0.15, 0.2) is 59.6 Å². The van der Waals surface area contributed by atoms with Crippen LogP contribution in [0.5, 0.6) is 0 Å². The Hall–Kier alpha value is -4.05. The summed E-state index contributed by atoms with van der Waals surface area (Å²) in [4.78, 5) is 43.6. The van der Waals surface area contributed by atoms with Crippen molar-refractivity contribution in [3.8, 4) is 0 Å². The van der Waals surface area contributed by atoms with Crippen LogP contribution in [0.3, 0.4) is 0 Å². The van der Waals surface area contributed by atoms with Crippen LogP contribution in [0, 0.1) is 0 Å². The van der Waals surface area contributed by atoms with Crippen molar-refractivity contribution in [3.63, 3.8) is 0 Å². The van der Waals surface area contributed by atoms with Crippen molar-refractivity contribution in [2.45, 2.75) is 19.8 Å². The topological polar surface area (TPSA) is 133 Å². The summed E-state index contributed by atoms with van der Waals surface area (Å²) in [5, 5.41) is 16.5. The maximum absolute atomic E-state index is 12.8. The second kappa shape index (κ2) is 10.8. The van der Waals surface area contributed by atoms with E-state index in [4.69, 9.17) is 5.11 Å². The van der Waals surface area contributed by atoms with E-state index in [0.717, 1.165) is 23.2 Å². The number of aromatic nitrogens is 1. The van der Waals surface area contributed by atoms with Gasteiger partial charge in [-0.05, 0) is 42.7 Å². The van der Waals surface area contributed by atoms with Crippen molar-refractivity contribution in [1.29, 1.82) is 0 Å². The summed E-state index contributed by atoms with van der Waals surface area (Å²) < 4.78 is 0. The van der Waals surface area contributed by atoms with Gasteiger partial charge in [0, 0.05) is 12.6 Å². The number of carbonyl (C=O) groups excluding carboxylic acids is 2. The molecule has 1 heterocycles. The number of thiazole rings is 1. The number of rotatable bonds is 8. The fourth-order valence-electron chi connectivity index (χ4n) is 2.79. The molecule has 3 rings (SSSR count). The van der Waals surface area contributed by atoms with E-state index in [9.17, 15) is 14.4 Å². The SMILES string of the molecule is CC(=O)Nc1nc(CCc2ccc(N=CNC(=O)O)cc2)c(C(=O)Nc2ccccc2)s1. The molecule has 9 nitrogen and oxygen atoms in total. The zero-order valence-corrected chi connectivity index (χ0v) is 18.0. The van der Waals surface area contributed by atoms with Crippen LogP contribution >= 0.6 is 11.3 Å². The molecule has 3 aromatic rings. The average Bonchev–Trinajstić information content (AvgIpc) is 3.15. The van der Waals surface area contributed by atoms with Gasteiger partial charge in [0.05, 0.1) is 17.7 Å². The van der Waals surface area contributed by atoms with Crippen molar-refractivity contribution >= 4 is 52.1 Å². The molecule has 164 valence electrons. The van der Waals surface area contributed by atoms with Crippen molar-refractivity contribution in [1.82, 2.24) is 10.3 Å². The highest BCUT2D eigenvalue weighted by atomic mass is 32.1. The normalized spacial score (nSPS) is 10.7. The molecule has 0 unspecified atom stereocenters. The molecule has 0 saturated carbocycles. The number of hydrogen-bond donors (Lipinski definition) is 4. The van der Waals surface area contributed by atoms with Crippen LogP contribution in [-0.4, -0.2) is 34.3 Å².